The zero-order valence-electron chi connectivity index (χ0n) is 16.5. The zero-order chi connectivity index (χ0) is 22.3. The molecule has 0 spiro atoms. The van der Waals surface area contributed by atoms with Crippen molar-refractivity contribution < 1.29 is 13.2 Å². The molecule has 5 aromatic rings. The van der Waals surface area contributed by atoms with Crippen molar-refractivity contribution in [3.63, 3.8) is 0 Å². The molecule has 0 bridgehead atoms. The van der Waals surface area contributed by atoms with Gasteiger partial charge in [-0.05, 0) is 30.3 Å². The number of benzene rings is 3. The molecule has 0 radical (unpaired) electrons. The van der Waals surface area contributed by atoms with Crippen LogP contribution in [0.15, 0.2) is 83.8 Å². The fraction of sp³-hybridized carbons (Fsp3) is 0. The number of carbonyl (C=O) groups is 1. The third-order valence-corrected chi connectivity index (χ3v) is 6.78. The number of amides is 1. The van der Waals surface area contributed by atoms with Gasteiger partial charge in [0.1, 0.15) is 0 Å². The number of nitrogens with two attached hydrogens (primary N) is 1. The predicted molar refractivity (Wildman–Crippen MR) is 126 cm³/mol. The van der Waals surface area contributed by atoms with Crippen molar-refractivity contribution in [1.29, 1.82) is 0 Å². The topological polar surface area (TPSA) is 115 Å². The van der Waals surface area contributed by atoms with Gasteiger partial charge in [0.25, 0.3) is 5.91 Å². The summed E-state index contributed by atoms with van der Waals surface area (Å²) in [4.78, 5) is 22.3. The number of hydrogen-bond donors (Lipinski definition) is 2. The van der Waals surface area contributed by atoms with Gasteiger partial charge in [0.15, 0.2) is 5.13 Å². The minimum Gasteiger partial charge on any atom is -0.298 e. The summed E-state index contributed by atoms with van der Waals surface area (Å²) in [6, 6.07) is 23.3. The molecule has 0 aliphatic heterocycles. The van der Waals surface area contributed by atoms with Crippen molar-refractivity contribution in [2.24, 2.45) is 5.14 Å². The van der Waals surface area contributed by atoms with Gasteiger partial charge in [0, 0.05) is 10.9 Å². The highest BCUT2D eigenvalue weighted by atomic mass is 32.2. The first-order chi connectivity index (χ1) is 15.4. The first-order valence-electron chi connectivity index (χ1n) is 9.58. The summed E-state index contributed by atoms with van der Waals surface area (Å²) < 4.78 is 23.8. The highest BCUT2D eigenvalue weighted by Crippen LogP contribution is 2.30. The number of pyridine rings is 1. The summed E-state index contributed by atoms with van der Waals surface area (Å²) in [6.07, 6.45) is 0. The van der Waals surface area contributed by atoms with E-state index in [1.54, 1.807) is 12.1 Å². The molecule has 1 amide bonds. The number of thiazole rings is 1. The number of rotatable bonds is 4. The quantitative estimate of drug-likeness (QED) is 0.412. The summed E-state index contributed by atoms with van der Waals surface area (Å²) in [7, 11) is -3.82. The summed E-state index contributed by atoms with van der Waals surface area (Å²) >= 11 is 1.18. The highest BCUT2D eigenvalue weighted by Gasteiger charge is 2.17. The lowest BCUT2D eigenvalue weighted by atomic mass is 10.0. The number of para-hydroxylation sites is 1. The lowest BCUT2D eigenvalue weighted by Gasteiger charge is -2.09. The van der Waals surface area contributed by atoms with Gasteiger partial charge in [-0.2, -0.15) is 0 Å². The number of carbonyl (C=O) groups excluding carboxylic acids is 1. The Hall–Kier alpha value is -3.66. The Morgan fingerprint density at radius 1 is 0.875 bits per heavy atom. The van der Waals surface area contributed by atoms with E-state index in [2.05, 4.69) is 10.3 Å². The molecule has 0 aliphatic carbocycles. The molecule has 5 rings (SSSR count). The molecule has 0 fully saturated rings. The summed E-state index contributed by atoms with van der Waals surface area (Å²) in [5, 5.41) is 9.13. The van der Waals surface area contributed by atoms with Gasteiger partial charge in [0.05, 0.1) is 31.9 Å². The average Bonchev–Trinajstić information content (AvgIpc) is 3.19. The predicted octanol–water partition coefficient (Wildman–Crippen LogP) is 4.41. The minimum atomic E-state index is -3.82. The number of primary sulfonamides is 1. The second kappa shape index (κ2) is 7.79. The monoisotopic (exact) mass is 460 g/mol. The van der Waals surface area contributed by atoms with Gasteiger partial charge in [0.2, 0.25) is 10.0 Å². The molecule has 2 aromatic heterocycles. The van der Waals surface area contributed by atoms with Gasteiger partial charge in [-0.25, -0.2) is 23.5 Å². The van der Waals surface area contributed by atoms with Crippen LogP contribution in [0.25, 0.3) is 32.4 Å². The van der Waals surface area contributed by atoms with Gasteiger partial charge in [-0.3, -0.25) is 10.1 Å². The molecule has 0 saturated carbocycles. The van der Waals surface area contributed by atoms with Crippen molar-refractivity contribution in [2.75, 3.05) is 5.32 Å². The lowest BCUT2D eigenvalue weighted by Crippen LogP contribution is -2.13. The molecular weight excluding hydrogens is 444 g/mol. The minimum absolute atomic E-state index is 0.000780. The Labute approximate surface area is 187 Å². The van der Waals surface area contributed by atoms with Gasteiger partial charge in [-0.15, -0.1) is 0 Å². The first-order valence-corrected chi connectivity index (χ1v) is 11.9. The molecule has 0 atom stereocenters. The van der Waals surface area contributed by atoms with E-state index < -0.39 is 10.0 Å². The number of anilines is 1. The van der Waals surface area contributed by atoms with Crippen molar-refractivity contribution in [1.82, 2.24) is 9.97 Å². The standard InChI is InChI=1S/C23H16N4O3S2/c24-32(29,30)15-10-11-19-21(12-15)31-23(26-19)27-22(28)17-13-20(14-6-2-1-3-7-14)25-18-9-5-4-8-16(17)18/h1-13H,(H2,24,29,30)(H,26,27,28). The largest absolute Gasteiger partial charge is 0.298 e. The van der Waals surface area contributed by atoms with Crippen LogP contribution in [-0.2, 0) is 10.0 Å². The van der Waals surface area contributed by atoms with Crippen LogP contribution in [0.1, 0.15) is 10.4 Å². The van der Waals surface area contributed by atoms with E-state index in [0.29, 0.717) is 32.1 Å². The lowest BCUT2D eigenvalue weighted by molar-refractivity contribution is 0.102. The van der Waals surface area contributed by atoms with Crippen molar-refractivity contribution in [3.8, 4) is 11.3 Å². The van der Waals surface area contributed by atoms with Crippen molar-refractivity contribution in [3.05, 3.63) is 84.4 Å². The zero-order valence-corrected chi connectivity index (χ0v) is 18.2. The normalized spacial score (nSPS) is 11.7. The Balaban J connectivity index is 1.55. The van der Waals surface area contributed by atoms with E-state index in [4.69, 9.17) is 10.1 Å². The van der Waals surface area contributed by atoms with Crippen LogP contribution < -0.4 is 10.5 Å². The van der Waals surface area contributed by atoms with Crippen molar-refractivity contribution >= 4 is 53.5 Å². The third kappa shape index (κ3) is 3.84. The fourth-order valence-electron chi connectivity index (χ4n) is 3.42. The average molecular weight is 461 g/mol. The van der Waals surface area contributed by atoms with Crippen LogP contribution in [0, 0.1) is 0 Å². The van der Waals surface area contributed by atoms with Gasteiger partial charge < -0.3 is 0 Å². The fourth-order valence-corrected chi connectivity index (χ4v) is 4.93. The van der Waals surface area contributed by atoms with Crippen LogP contribution in [-0.4, -0.2) is 24.3 Å². The van der Waals surface area contributed by atoms with Crippen molar-refractivity contribution in [2.45, 2.75) is 4.90 Å². The van der Waals surface area contributed by atoms with E-state index in [9.17, 15) is 13.2 Å². The third-order valence-electron chi connectivity index (χ3n) is 4.94. The molecule has 7 nitrogen and oxygen atoms in total. The molecule has 158 valence electrons. The summed E-state index contributed by atoms with van der Waals surface area (Å²) in [6.45, 7) is 0. The highest BCUT2D eigenvalue weighted by molar-refractivity contribution is 7.89. The van der Waals surface area contributed by atoms with Gasteiger partial charge in [-0.1, -0.05) is 59.9 Å². The second-order valence-electron chi connectivity index (χ2n) is 7.09. The summed E-state index contributed by atoms with van der Waals surface area (Å²) in [5.41, 5.74) is 3.35. The molecule has 9 heteroatoms. The second-order valence-corrected chi connectivity index (χ2v) is 9.68. The smallest absolute Gasteiger partial charge is 0.258 e. The number of fused-ring (bicyclic) bond motifs is 2. The van der Waals surface area contributed by atoms with E-state index in [-0.39, 0.29) is 10.8 Å². The van der Waals surface area contributed by atoms with E-state index in [0.717, 1.165) is 10.9 Å². The maximum Gasteiger partial charge on any atom is 0.258 e. The van der Waals surface area contributed by atoms with Crippen LogP contribution in [0.2, 0.25) is 0 Å². The maximum absolute atomic E-state index is 13.2. The van der Waals surface area contributed by atoms with E-state index >= 15 is 0 Å². The molecule has 0 unspecified atom stereocenters. The first kappa shape index (κ1) is 20.3. The molecule has 2 heterocycles. The number of aromatic nitrogens is 2. The number of nitrogens with one attached hydrogen (secondary N) is 1. The molecule has 3 N–H and O–H groups in total. The Kier molecular flexibility index (Phi) is 4.93. The van der Waals surface area contributed by atoms with Crippen LogP contribution in [0.5, 0.6) is 0 Å². The Morgan fingerprint density at radius 3 is 2.41 bits per heavy atom. The Morgan fingerprint density at radius 2 is 1.62 bits per heavy atom. The molecule has 0 saturated heterocycles. The molecular formula is C23H16N4O3S2. The number of sulfonamides is 1. The maximum atomic E-state index is 13.2. The molecule has 0 aliphatic rings. The Bertz CT molecular complexity index is 1600. The van der Waals surface area contributed by atoms with Crippen LogP contribution >= 0.6 is 11.3 Å². The number of nitrogens with zero attached hydrogens (tertiary/aromatic N) is 2. The number of hydrogen-bond acceptors (Lipinski definition) is 6. The van der Waals surface area contributed by atoms with Crippen LogP contribution in [0.4, 0.5) is 5.13 Å². The molecule has 3 aromatic carbocycles. The summed E-state index contributed by atoms with van der Waals surface area (Å²) in [5.74, 6) is -0.327. The van der Waals surface area contributed by atoms with E-state index in [1.165, 1.54) is 23.5 Å². The van der Waals surface area contributed by atoms with Crippen LogP contribution in [0.3, 0.4) is 0 Å². The molecule has 32 heavy (non-hydrogen) atoms. The SMILES string of the molecule is NS(=O)(=O)c1ccc2nc(NC(=O)c3cc(-c4ccccc4)nc4ccccc34)sc2c1. The van der Waals surface area contributed by atoms with E-state index in [1.807, 2.05) is 54.6 Å². The van der Waals surface area contributed by atoms with Gasteiger partial charge >= 0.3 is 0 Å².